The minimum Gasteiger partial charge on any atom is -0.492 e. The first-order valence-electron chi connectivity index (χ1n) is 9.97. The van der Waals surface area contributed by atoms with Crippen LogP contribution in [-0.2, 0) is 0 Å². The van der Waals surface area contributed by atoms with Gasteiger partial charge in [-0.05, 0) is 61.0 Å². The van der Waals surface area contributed by atoms with E-state index >= 15 is 0 Å². The summed E-state index contributed by atoms with van der Waals surface area (Å²) in [5.74, 6) is 0.829. The van der Waals surface area contributed by atoms with Crippen molar-refractivity contribution in [3.8, 4) is 5.75 Å². The van der Waals surface area contributed by atoms with E-state index in [1.54, 1.807) is 0 Å². The molecule has 0 amide bonds. The largest absolute Gasteiger partial charge is 0.492 e. The maximum Gasteiger partial charge on any atom is 0.119 e. The van der Waals surface area contributed by atoms with Gasteiger partial charge < -0.3 is 14.7 Å². The predicted octanol–water partition coefficient (Wildman–Crippen LogP) is 4.97. The van der Waals surface area contributed by atoms with Gasteiger partial charge in [0, 0.05) is 6.54 Å². The normalized spacial score (nSPS) is 13.1. The van der Waals surface area contributed by atoms with Crippen LogP contribution in [0, 0.1) is 0 Å². The Morgan fingerprint density at radius 1 is 0.828 bits per heavy atom. The van der Waals surface area contributed by atoms with Crippen molar-refractivity contribution >= 4 is 11.1 Å². The van der Waals surface area contributed by atoms with Gasteiger partial charge in [0.1, 0.15) is 12.4 Å². The van der Waals surface area contributed by atoms with Crippen molar-refractivity contribution < 1.29 is 9.84 Å². The van der Waals surface area contributed by atoms with Gasteiger partial charge in [-0.3, -0.25) is 0 Å². The maximum absolute atomic E-state index is 10.7. The number of rotatable bonds is 8. The van der Waals surface area contributed by atoms with Crippen molar-refractivity contribution in [2.24, 2.45) is 0 Å². The van der Waals surface area contributed by atoms with Gasteiger partial charge in [0.2, 0.25) is 0 Å². The first kappa shape index (κ1) is 20.8. The minimum atomic E-state index is -0.620. The fraction of sp³-hybridized carbons (Fsp3) is 0.231. The molecule has 0 aromatic heterocycles. The summed E-state index contributed by atoms with van der Waals surface area (Å²) in [5.41, 5.74) is 5.03. The second-order valence-corrected chi connectivity index (χ2v) is 7.38. The molecule has 150 valence electrons. The Morgan fingerprint density at radius 2 is 1.41 bits per heavy atom. The highest BCUT2D eigenvalue weighted by atomic mass is 16.5. The molecule has 0 unspecified atom stereocenters. The number of aliphatic hydroxyl groups is 1. The van der Waals surface area contributed by atoms with Crippen molar-refractivity contribution in [2.75, 3.05) is 27.2 Å². The van der Waals surface area contributed by atoms with E-state index in [4.69, 9.17) is 4.74 Å². The van der Waals surface area contributed by atoms with Gasteiger partial charge in [0.15, 0.2) is 0 Å². The third kappa shape index (κ3) is 5.57. The summed E-state index contributed by atoms with van der Waals surface area (Å²) < 4.78 is 5.96. The molecule has 3 heteroatoms. The van der Waals surface area contributed by atoms with Gasteiger partial charge in [0.05, 0.1) is 6.10 Å². The van der Waals surface area contributed by atoms with Gasteiger partial charge in [-0.2, -0.15) is 0 Å². The zero-order valence-electron chi connectivity index (χ0n) is 17.4. The monoisotopic (exact) mass is 387 g/mol. The SMILES string of the molecule is C[C@@H](O)/C(=C(/c1ccccc1)c1cccc(OCCN(C)C)c1)c1ccccc1. The third-order valence-corrected chi connectivity index (χ3v) is 4.76. The van der Waals surface area contributed by atoms with E-state index in [1.165, 1.54) is 0 Å². The van der Waals surface area contributed by atoms with Crippen LogP contribution in [0.4, 0.5) is 0 Å². The van der Waals surface area contributed by atoms with Crippen LogP contribution in [-0.4, -0.2) is 43.4 Å². The molecule has 0 spiro atoms. The lowest BCUT2D eigenvalue weighted by Gasteiger charge is -2.20. The number of hydrogen-bond acceptors (Lipinski definition) is 3. The summed E-state index contributed by atoms with van der Waals surface area (Å²) in [6, 6.07) is 28.4. The predicted molar refractivity (Wildman–Crippen MR) is 121 cm³/mol. The molecule has 0 radical (unpaired) electrons. The Bertz CT molecular complexity index is 931. The molecule has 3 aromatic rings. The molecule has 29 heavy (non-hydrogen) atoms. The van der Waals surface area contributed by atoms with Gasteiger partial charge in [-0.1, -0.05) is 72.8 Å². The zero-order chi connectivity index (χ0) is 20.6. The maximum atomic E-state index is 10.7. The summed E-state index contributed by atoms with van der Waals surface area (Å²) in [4.78, 5) is 2.10. The molecule has 3 aromatic carbocycles. The summed E-state index contributed by atoms with van der Waals surface area (Å²) in [6.07, 6.45) is -0.620. The van der Waals surface area contributed by atoms with Crippen LogP contribution < -0.4 is 4.74 Å². The number of benzene rings is 3. The first-order valence-corrected chi connectivity index (χ1v) is 9.97. The second-order valence-electron chi connectivity index (χ2n) is 7.38. The molecule has 1 atom stereocenters. The third-order valence-electron chi connectivity index (χ3n) is 4.76. The van der Waals surface area contributed by atoms with E-state index in [9.17, 15) is 5.11 Å². The second kappa shape index (κ2) is 10.1. The van der Waals surface area contributed by atoms with Crippen LogP contribution in [0.2, 0.25) is 0 Å². The topological polar surface area (TPSA) is 32.7 Å². The number of ether oxygens (including phenoxy) is 1. The number of nitrogens with zero attached hydrogens (tertiary/aromatic N) is 1. The fourth-order valence-electron chi connectivity index (χ4n) is 3.38. The average molecular weight is 388 g/mol. The van der Waals surface area contributed by atoms with Crippen LogP contribution in [0.25, 0.3) is 11.1 Å². The molecular weight excluding hydrogens is 358 g/mol. The lowest BCUT2D eigenvalue weighted by atomic mass is 9.87. The van der Waals surface area contributed by atoms with Crippen LogP contribution in [0.15, 0.2) is 84.9 Å². The minimum absolute atomic E-state index is 0.620. The highest BCUT2D eigenvalue weighted by molar-refractivity contribution is 6.00. The molecule has 0 saturated carbocycles. The van der Waals surface area contributed by atoms with E-state index in [2.05, 4.69) is 29.2 Å². The van der Waals surface area contributed by atoms with E-state index in [1.807, 2.05) is 81.7 Å². The first-order chi connectivity index (χ1) is 14.1. The van der Waals surface area contributed by atoms with Crippen molar-refractivity contribution in [3.63, 3.8) is 0 Å². The molecule has 1 N–H and O–H groups in total. The molecule has 0 fully saturated rings. The smallest absolute Gasteiger partial charge is 0.119 e. The Balaban J connectivity index is 2.12. The lowest BCUT2D eigenvalue weighted by molar-refractivity contribution is 0.253. The van der Waals surface area contributed by atoms with E-state index < -0.39 is 6.10 Å². The lowest BCUT2D eigenvalue weighted by Crippen LogP contribution is -2.19. The molecule has 0 aliphatic rings. The van der Waals surface area contributed by atoms with Crippen molar-refractivity contribution in [1.82, 2.24) is 4.90 Å². The van der Waals surface area contributed by atoms with E-state index in [0.717, 1.165) is 40.1 Å². The van der Waals surface area contributed by atoms with E-state index in [-0.39, 0.29) is 0 Å². The molecule has 3 rings (SSSR count). The summed E-state index contributed by atoms with van der Waals surface area (Å²) >= 11 is 0. The molecule has 0 bridgehead atoms. The molecule has 0 saturated heterocycles. The van der Waals surface area contributed by atoms with Crippen LogP contribution in [0.5, 0.6) is 5.75 Å². The Labute approximate surface area is 173 Å². The fourth-order valence-corrected chi connectivity index (χ4v) is 3.38. The Kier molecular flexibility index (Phi) is 7.23. The van der Waals surface area contributed by atoms with Crippen molar-refractivity contribution in [3.05, 3.63) is 102 Å². The quantitative estimate of drug-likeness (QED) is 0.554. The summed E-state index contributed by atoms with van der Waals surface area (Å²) in [7, 11) is 4.07. The van der Waals surface area contributed by atoms with Crippen molar-refractivity contribution in [2.45, 2.75) is 13.0 Å². The molecule has 0 heterocycles. The molecule has 0 aliphatic heterocycles. The number of hydrogen-bond donors (Lipinski definition) is 1. The number of aliphatic hydroxyl groups excluding tert-OH is 1. The highest BCUT2D eigenvalue weighted by Gasteiger charge is 2.18. The van der Waals surface area contributed by atoms with E-state index in [0.29, 0.717) is 6.61 Å². The Hall–Kier alpha value is -2.88. The van der Waals surface area contributed by atoms with Crippen LogP contribution in [0.3, 0.4) is 0 Å². The summed E-state index contributed by atoms with van der Waals surface area (Å²) in [6.45, 7) is 3.31. The molecule has 0 aliphatic carbocycles. The van der Waals surface area contributed by atoms with Gasteiger partial charge >= 0.3 is 0 Å². The van der Waals surface area contributed by atoms with Crippen LogP contribution >= 0.6 is 0 Å². The van der Waals surface area contributed by atoms with Crippen molar-refractivity contribution in [1.29, 1.82) is 0 Å². The standard InChI is InChI=1S/C26H29NO2/c1-20(28)25(21-11-6-4-7-12-21)26(22-13-8-5-9-14-22)23-15-10-16-24(19-23)29-18-17-27(2)3/h4-16,19-20,28H,17-18H2,1-3H3/b26-25+/t20-/m1/s1. The zero-order valence-corrected chi connectivity index (χ0v) is 17.4. The molecule has 3 nitrogen and oxygen atoms in total. The molecular formula is C26H29NO2. The average Bonchev–Trinajstić information content (AvgIpc) is 2.73. The van der Waals surface area contributed by atoms with Gasteiger partial charge in [-0.25, -0.2) is 0 Å². The number of likely N-dealkylation sites (N-methyl/N-ethyl adjacent to an activating group) is 1. The summed E-state index contributed by atoms with van der Waals surface area (Å²) in [5, 5.41) is 10.7. The van der Waals surface area contributed by atoms with Gasteiger partial charge in [-0.15, -0.1) is 0 Å². The highest BCUT2D eigenvalue weighted by Crippen LogP contribution is 2.35. The van der Waals surface area contributed by atoms with Crippen LogP contribution in [0.1, 0.15) is 23.6 Å². The van der Waals surface area contributed by atoms with Gasteiger partial charge in [0.25, 0.3) is 0 Å². The Morgan fingerprint density at radius 3 is 2.00 bits per heavy atom.